The van der Waals surface area contributed by atoms with Gasteiger partial charge in [0.15, 0.2) is 11.5 Å². The van der Waals surface area contributed by atoms with Crippen LogP contribution in [0.4, 0.5) is 19.0 Å². The molecule has 0 amide bonds. The maximum Gasteiger partial charge on any atom is 0.416 e. The molecule has 12 heteroatoms. The van der Waals surface area contributed by atoms with E-state index in [1.807, 2.05) is 12.1 Å². The molecule has 5 rings (SSSR count). The summed E-state index contributed by atoms with van der Waals surface area (Å²) in [4.78, 5) is 13.4. The van der Waals surface area contributed by atoms with Crippen LogP contribution >= 0.6 is 11.8 Å². The van der Waals surface area contributed by atoms with E-state index < -0.39 is 11.7 Å². The van der Waals surface area contributed by atoms with Crippen LogP contribution in [0.3, 0.4) is 0 Å². The Kier molecular flexibility index (Phi) is 8.55. The van der Waals surface area contributed by atoms with E-state index in [0.717, 1.165) is 22.9 Å². The Hall–Kier alpha value is -4.29. The molecular weight excluding hydrogens is 567 g/mol. The van der Waals surface area contributed by atoms with Gasteiger partial charge in [-0.1, -0.05) is 18.2 Å². The lowest BCUT2D eigenvalue weighted by molar-refractivity contribution is -0.137. The Morgan fingerprint density at radius 3 is 2.48 bits per heavy atom. The Labute approximate surface area is 244 Å². The number of nitrogen functional groups attached to an aromatic ring is 1. The Morgan fingerprint density at radius 1 is 0.929 bits per heavy atom. The molecule has 3 heterocycles. The summed E-state index contributed by atoms with van der Waals surface area (Å²) in [7, 11) is 3.14. The van der Waals surface area contributed by atoms with Gasteiger partial charge in [-0.15, -0.1) is 0 Å². The molecule has 0 saturated carbocycles. The van der Waals surface area contributed by atoms with E-state index in [0.29, 0.717) is 62.3 Å². The largest absolute Gasteiger partial charge is 0.493 e. The molecule has 1 atom stereocenters. The zero-order chi connectivity index (χ0) is 29.9. The number of ether oxygens (including phenoxy) is 3. The summed E-state index contributed by atoms with van der Waals surface area (Å²) in [5.41, 5.74) is 14.5. The topological polar surface area (TPSA) is 118 Å². The van der Waals surface area contributed by atoms with Gasteiger partial charge in [-0.25, -0.2) is 4.98 Å². The number of aromatic nitrogens is 3. The van der Waals surface area contributed by atoms with E-state index in [2.05, 4.69) is 15.0 Å². The third-order valence-corrected chi connectivity index (χ3v) is 7.74. The minimum atomic E-state index is -4.37. The Morgan fingerprint density at radius 2 is 1.71 bits per heavy atom. The highest BCUT2D eigenvalue weighted by atomic mass is 32.2. The number of nitrogens with two attached hydrogens (primary N) is 2. The summed E-state index contributed by atoms with van der Waals surface area (Å²) in [5, 5.41) is 2.37. The molecule has 0 aliphatic carbocycles. The van der Waals surface area contributed by atoms with Crippen LogP contribution in [-0.2, 0) is 11.9 Å². The average molecular weight is 596 g/mol. The zero-order valence-corrected chi connectivity index (χ0v) is 23.6. The van der Waals surface area contributed by atoms with Crippen molar-refractivity contribution >= 4 is 39.3 Å². The molecule has 4 N–H and O–H groups in total. The fraction of sp³-hybridized carbons (Fsp3) is 0.233. The number of anilines is 1. The first-order chi connectivity index (χ1) is 20.2. The maximum atomic E-state index is 13.0. The van der Waals surface area contributed by atoms with Gasteiger partial charge in [0.25, 0.3) is 0 Å². The molecule has 0 aliphatic rings. The lowest BCUT2D eigenvalue weighted by atomic mass is 10.0. The highest BCUT2D eigenvalue weighted by Crippen LogP contribution is 2.37. The lowest BCUT2D eigenvalue weighted by Gasteiger charge is -2.14. The molecule has 5 aromatic rings. The van der Waals surface area contributed by atoms with Gasteiger partial charge < -0.3 is 25.7 Å². The maximum absolute atomic E-state index is 13.0. The molecule has 0 spiro atoms. The van der Waals surface area contributed by atoms with Gasteiger partial charge in [-0.2, -0.15) is 24.9 Å². The van der Waals surface area contributed by atoms with Crippen molar-refractivity contribution in [2.24, 2.45) is 5.73 Å². The van der Waals surface area contributed by atoms with Crippen molar-refractivity contribution in [2.75, 3.05) is 32.3 Å². The third kappa shape index (κ3) is 6.44. The predicted octanol–water partition coefficient (Wildman–Crippen LogP) is 6.10. The van der Waals surface area contributed by atoms with E-state index in [1.165, 1.54) is 17.8 Å². The summed E-state index contributed by atoms with van der Waals surface area (Å²) in [6.45, 7) is 0.200. The highest BCUT2D eigenvalue weighted by molar-refractivity contribution is 7.98. The van der Waals surface area contributed by atoms with Crippen molar-refractivity contribution < 1.29 is 27.4 Å². The van der Waals surface area contributed by atoms with Crippen molar-refractivity contribution in [3.8, 4) is 28.5 Å². The first-order valence-electron chi connectivity index (χ1n) is 12.8. The van der Waals surface area contributed by atoms with Gasteiger partial charge >= 0.3 is 6.18 Å². The van der Waals surface area contributed by atoms with Crippen LogP contribution in [0.2, 0.25) is 0 Å². The summed E-state index contributed by atoms with van der Waals surface area (Å²) in [6.07, 6.45) is 0.555. The minimum absolute atomic E-state index is 0.200. The molecule has 218 valence electrons. The zero-order valence-electron chi connectivity index (χ0n) is 22.8. The normalized spacial score (nSPS) is 12.4. The number of pyridine rings is 3. The second kappa shape index (κ2) is 12.3. The molecule has 0 fully saturated rings. The third-order valence-electron chi connectivity index (χ3n) is 6.54. The smallest absolute Gasteiger partial charge is 0.416 e. The Bertz CT molecular complexity index is 1740. The molecule has 0 radical (unpaired) electrons. The SMILES string of the molecule is COc1cc2ncc3c(N)nc(-c4cncc(OC[C@@H](N)CSCc5cccc(C(F)(F)F)c5)c4)cc3c2cc1OC. The van der Waals surface area contributed by atoms with Crippen LogP contribution in [-0.4, -0.2) is 47.6 Å². The monoisotopic (exact) mass is 595 g/mol. The number of hydrogen-bond acceptors (Lipinski definition) is 9. The lowest BCUT2D eigenvalue weighted by Crippen LogP contribution is -2.30. The van der Waals surface area contributed by atoms with Crippen LogP contribution < -0.4 is 25.7 Å². The number of hydrogen-bond donors (Lipinski definition) is 2. The molecule has 8 nitrogen and oxygen atoms in total. The van der Waals surface area contributed by atoms with Gasteiger partial charge in [0, 0.05) is 52.3 Å². The number of nitrogens with zero attached hydrogens (tertiary/aromatic N) is 3. The quantitative estimate of drug-likeness (QED) is 0.185. The second-order valence-electron chi connectivity index (χ2n) is 9.53. The van der Waals surface area contributed by atoms with Crippen molar-refractivity contribution in [3.05, 3.63) is 78.2 Å². The van der Waals surface area contributed by atoms with Crippen LogP contribution in [0.15, 0.2) is 67.1 Å². The van der Waals surface area contributed by atoms with E-state index >= 15 is 0 Å². The Balaban J connectivity index is 1.29. The van der Waals surface area contributed by atoms with Crippen molar-refractivity contribution in [1.29, 1.82) is 0 Å². The first-order valence-corrected chi connectivity index (χ1v) is 14.0. The van der Waals surface area contributed by atoms with Gasteiger partial charge in [0.1, 0.15) is 18.2 Å². The molecule has 0 saturated heterocycles. The molecule has 0 unspecified atom stereocenters. The first kappa shape index (κ1) is 29.2. The number of methoxy groups -OCH3 is 2. The molecular formula is C30H28F3N5O3S. The van der Waals surface area contributed by atoms with Crippen molar-refractivity contribution in [3.63, 3.8) is 0 Å². The van der Waals surface area contributed by atoms with Crippen molar-refractivity contribution in [1.82, 2.24) is 15.0 Å². The number of rotatable bonds is 10. The second-order valence-corrected chi connectivity index (χ2v) is 10.6. The number of fused-ring (bicyclic) bond motifs is 3. The molecule has 0 bridgehead atoms. The fourth-order valence-corrected chi connectivity index (χ4v) is 5.39. The van der Waals surface area contributed by atoms with Crippen LogP contribution in [0.5, 0.6) is 17.2 Å². The van der Waals surface area contributed by atoms with Crippen LogP contribution in [0.1, 0.15) is 11.1 Å². The minimum Gasteiger partial charge on any atom is -0.493 e. The summed E-state index contributed by atoms with van der Waals surface area (Å²) < 4.78 is 55.6. The molecule has 0 aliphatic heterocycles. The fourth-order valence-electron chi connectivity index (χ4n) is 4.46. The number of benzene rings is 2. The van der Waals surface area contributed by atoms with Gasteiger partial charge in [0.05, 0.1) is 37.2 Å². The number of halogens is 3. The summed E-state index contributed by atoms with van der Waals surface area (Å²) >= 11 is 1.44. The van der Waals surface area contributed by atoms with E-state index in [-0.39, 0.29) is 12.6 Å². The standard InChI is InChI=1S/C30H28F3N5O3S/c1-39-27-9-23-22-8-25(38-29(35)24(22)13-37-26(23)10-28(27)40-2)18-7-21(12-36-11-18)41-14-20(34)16-42-15-17-4-3-5-19(6-17)30(31,32)33/h3-13,20H,14-16,34H2,1-2H3,(H2,35,38)/t20-/m1/s1. The predicted molar refractivity (Wildman–Crippen MR) is 159 cm³/mol. The van der Waals surface area contributed by atoms with Gasteiger partial charge in [-0.05, 0) is 35.2 Å². The summed E-state index contributed by atoms with van der Waals surface area (Å²) in [5.74, 6) is 2.86. The van der Waals surface area contributed by atoms with Crippen molar-refractivity contribution in [2.45, 2.75) is 18.0 Å². The highest BCUT2D eigenvalue weighted by Gasteiger charge is 2.30. The number of thioether (sulfide) groups is 1. The van der Waals surface area contributed by atoms with Gasteiger partial charge in [0.2, 0.25) is 0 Å². The summed E-state index contributed by atoms with van der Waals surface area (Å²) in [6, 6.07) is 12.3. The molecule has 2 aromatic carbocycles. The van der Waals surface area contributed by atoms with Crippen LogP contribution in [0, 0.1) is 0 Å². The van der Waals surface area contributed by atoms with E-state index in [1.54, 1.807) is 51.0 Å². The number of alkyl halides is 3. The molecule has 3 aromatic heterocycles. The average Bonchev–Trinajstić information content (AvgIpc) is 2.99. The molecule has 42 heavy (non-hydrogen) atoms. The van der Waals surface area contributed by atoms with Crippen LogP contribution in [0.25, 0.3) is 32.9 Å². The van der Waals surface area contributed by atoms with E-state index in [4.69, 9.17) is 25.7 Å². The van der Waals surface area contributed by atoms with E-state index in [9.17, 15) is 13.2 Å². The van der Waals surface area contributed by atoms with Gasteiger partial charge in [-0.3, -0.25) is 9.97 Å².